The summed E-state index contributed by atoms with van der Waals surface area (Å²) in [5.41, 5.74) is 1.33. The Labute approximate surface area is 123 Å². The molecule has 1 aromatic carbocycles. The van der Waals surface area contributed by atoms with E-state index in [-0.39, 0.29) is 17.6 Å². The molecule has 0 fully saturated rings. The van der Waals surface area contributed by atoms with E-state index in [1.165, 1.54) is 6.07 Å². The van der Waals surface area contributed by atoms with Gasteiger partial charge in [-0.1, -0.05) is 13.0 Å². The molecule has 0 aliphatic rings. The number of hydrogen-bond acceptors (Lipinski definition) is 3. The highest BCUT2D eigenvalue weighted by molar-refractivity contribution is 7.99. The number of nitrogens with one attached hydrogen (secondary N) is 2. The fraction of sp³-hybridized carbons (Fsp3) is 0.429. The molecule has 20 heavy (non-hydrogen) atoms. The molecule has 0 saturated heterocycles. The number of hydrogen-bond donors (Lipinski definition) is 3. The maximum Gasteiger partial charge on any atom is 0.336 e. The van der Waals surface area contributed by atoms with Crippen molar-refractivity contribution >= 4 is 29.4 Å². The lowest BCUT2D eigenvalue weighted by molar-refractivity contribution is 0.0696. The Balaban J connectivity index is 2.62. The Morgan fingerprint density at radius 2 is 2.10 bits per heavy atom. The van der Waals surface area contributed by atoms with Crippen molar-refractivity contribution in [2.24, 2.45) is 0 Å². The first-order chi connectivity index (χ1) is 9.43. The van der Waals surface area contributed by atoms with E-state index in [1.54, 1.807) is 30.8 Å². The summed E-state index contributed by atoms with van der Waals surface area (Å²) < 4.78 is 0. The van der Waals surface area contributed by atoms with Crippen LogP contribution in [0.25, 0.3) is 0 Å². The van der Waals surface area contributed by atoms with Gasteiger partial charge in [0.1, 0.15) is 0 Å². The molecule has 5 nitrogen and oxygen atoms in total. The number of urea groups is 1. The number of aryl methyl sites for hydroxylation is 1. The molecular formula is C14H20N2O3S. The van der Waals surface area contributed by atoms with Crippen LogP contribution in [0.3, 0.4) is 0 Å². The molecule has 1 atom stereocenters. The number of carbonyl (C=O) groups is 2. The quantitative estimate of drug-likeness (QED) is 0.754. The Bertz CT molecular complexity index is 491. The van der Waals surface area contributed by atoms with E-state index < -0.39 is 5.97 Å². The number of carboxylic acids is 1. The van der Waals surface area contributed by atoms with E-state index in [1.807, 2.05) is 6.92 Å². The van der Waals surface area contributed by atoms with Crippen molar-refractivity contribution in [2.75, 3.05) is 16.8 Å². The number of thioether (sulfide) groups is 1. The Hall–Kier alpha value is -1.69. The molecule has 0 heterocycles. The van der Waals surface area contributed by atoms with Crippen LogP contribution in [-0.4, -0.2) is 34.7 Å². The summed E-state index contributed by atoms with van der Waals surface area (Å²) in [7, 11) is 0. The minimum Gasteiger partial charge on any atom is -0.478 e. The van der Waals surface area contributed by atoms with Crippen molar-refractivity contribution in [3.05, 3.63) is 29.3 Å². The van der Waals surface area contributed by atoms with Crippen LogP contribution in [0.1, 0.15) is 29.8 Å². The monoisotopic (exact) mass is 296 g/mol. The zero-order valence-corrected chi connectivity index (χ0v) is 12.7. The molecule has 0 radical (unpaired) electrons. The molecule has 0 bridgehead atoms. The maximum atomic E-state index is 11.8. The number of carboxylic acid groups (broad SMARTS) is 1. The summed E-state index contributed by atoms with van der Waals surface area (Å²) in [5.74, 6) is 0.852. The number of carbonyl (C=O) groups excluding carboxylic acids is 1. The topological polar surface area (TPSA) is 78.4 Å². The van der Waals surface area contributed by atoms with Crippen LogP contribution in [0, 0.1) is 6.92 Å². The van der Waals surface area contributed by atoms with Gasteiger partial charge in [0, 0.05) is 17.5 Å². The first kappa shape index (κ1) is 16.4. The summed E-state index contributed by atoms with van der Waals surface area (Å²) in [6.07, 6.45) is 0. The number of amides is 2. The lowest BCUT2D eigenvalue weighted by Gasteiger charge is -2.14. The van der Waals surface area contributed by atoms with Gasteiger partial charge >= 0.3 is 12.0 Å². The Morgan fingerprint density at radius 1 is 1.40 bits per heavy atom. The molecule has 1 aromatic rings. The SMILES string of the molecule is CCSCC(C)NC(=O)Nc1ccc(C)c(C(=O)O)c1. The van der Waals surface area contributed by atoms with Crippen LogP contribution in [-0.2, 0) is 0 Å². The smallest absolute Gasteiger partial charge is 0.336 e. The molecule has 3 N–H and O–H groups in total. The van der Waals surface area contributed by atoms with Crippen molar-refractivity contribution in [3.63, 3.8) is 0 Å². The van der Waals surface area contributed by atoms with Gasteiger partial charge in [0.05, 0.1) is 5.56 Å². The van der Waals surface area contributed by atoms with E-state index in [0.29, 0.717) is 11.3 Å². The van der Waals surface area contributed by atoms with Gasteiger partial charge in [-0.05, 0) is 37.3 Å². The molecule has 1 unspecified atom stereocenters. The van der Waals surface area contributed by atoms with Crippen molar-refractivity contribution in [3.8, 4) is 0 Å². The first-order valence-electron chi connectivity index (χ1n) is 6.43. The van der Waals surface area contributed by atoms with E-state index in [4.69, 9.17) is 5.11 Å². The standard InChI is InChI=1S/C14H20N2O3S/c1-4-20-8-10(3)15-14(19)16-11-6-5-9(2)12(7-11)13(17)18/h5-7,10H,4,8H2,1-3H3,(H,17,18)(H2,15,16,19). The third-order valence-corrected chi connectivity index (χ3v) is 3.82. The lowest BCUT2D eigenvalue weighted by Crippen LogP contribution is -2.37. The molecule has 110 valence electrons. The van der Waals surface area contributed by atoms with Gasteiger partial charge in [-0.15, -0.1) is 0 Å². The summed E-state index contributed by atoms with van der Waals surface area (Å²) >= 11 is 1.75. The predicted molar refractivity (Wildman–Crippen MR) is 82.8 cm³/mol. The fourth-order valence-electron chi connectivity index (χ4n) is 1.66. The maximum absolute atomic E-state index is 11.8. The zero-order chi connectivity index (χ0) is 15.1. The summed E-state index contributed by atoms with van der Waals surface area (Å²) in [5, 5.41) is 14.5. The van der Waals surface area contributed by atoms with Crippen LogP contribution >= 0.6 is 11.8 Å². The van der Waals surface area contributed by atoms with Crippen LogP contribution in [0.2, 0.25) is 0 Å². The second-order valence-electron chi connectivity index (χ2n) is 4.49. The van der Waals surface area contributed by atoms with Gasteiger partial charge in [-0.25, -0.2) is 9.59 Å². The number of benzene rings is 1. The zero-order valence-electron chi connectivity index (χ0n) is 11.9. The molecule has 0 saturated carbocycles. The third kappa shape index (κ3) is 5.13. The van der Waals surface area contributed by atoms with E-state index in [0.717, 1.165) is 11.5 Å². The van der Waals surface area contributed by atoms with E-state index in [2.05, 4.69) is 17.6 Å². The Kier molecular flexibility index (Phi) is 6.38. The molecule has 2 amide bonds. The van der Waals surface area contributed by atoms with Crippen molar-refractivity contribution in [2.45, 2.75) is 26.8 Å². The Morgan fingerprint density at radius 3 is 2.70 bits per heavy atom. The normalized spacial score (nSPS) is 11.8. The second-order valence-corrected chi connectivity index (χ2v) is 5.81. The minimum atomic E-state index is -1.00. The lowest BCUT2D eigenvalue weighted by atomic mass is 10.1. The van der Waals surface area contributed by atoms with Crippen molar-refractivity contribution in [1.82, 2.24) is 5.32 Å². The highest BCUT2D eigenvalue weighted by atomic mass is 32.2. The predicted octanol–water partition coefficient (Wildman–Crippen LogP) is 2.96. The van der Waals surface area contributed by atoms with Crippen LogP contribution in [0.15, 0.2) is 18.2 Å². The molecule has 0 aliphatic carbocycles. The van der Waals surface area contributed by atoms with Gasteiger partial charge in [0.2, 0.25) is 0 Å². The fourth-order valence-corrected chi connectivity index (χ4v) is 2.33. The summed E-state index contributed by atoms with van der Waals surface area (Å²) in [6, 6.07) is 4.56. The average Bonchev–Trinajstić information content (AvgIpc) is 2.38. The molecule has 1 rings (SSSR count). The van der Waals surface area contributed by atoms with Crippen molar-refractivity contribution < 1.29 is 14.7 Å². The van der Waals surface area contributed by atoms with Crippen molar-refractivity contribution in [1.29, 1.82) is 0 Å². The number of anilines is 1. The molecule has 0 aliphatic heterocycles. The minimum absolute atomic E-state index is 0.0596. The molecule has 0 aromatic heterocycles. The summed E-state index contributed by atoms with van der Waals surface area (Å²) in [6.45, 7) is 5.72. The van der Waals surface area contributed by atoms with Crippen LogP contribution < -0.4 is 10.6 Å². The number of aromatic carboxylic acids is 1. The van der Waals surface area contributed by atoms with E-state index >= 15 is 0 Å². The van der Waals surface area contributed by atoms with Crippen LogP contribution in [0.5, 0.6) is 0 Å². The largest absolute Gasteiger partial charge is 0.478 e. The van der Waals surface area contributed by atoms with Gasteiger partial charge in [0.15, 0.2) is 0 Å². The number of rotatable bonds is 6. The highest BCUT2D eigenvalue weighted by Gasteiger charge is 2.11. The van der Waals surface area contributed by atoms with Gasteiger partial charge in [-0.2, -0.15) is 11.8 Å². The van der Waals surface area contributed by atoms with Gasteiger partial charge < -0.3 is 15.7 Å². The highest BCUT2D eigenvalue weighted by Crippen LogP contribution is 2.15. The third-order valence-electron chi connectivity index (χ3n) is 2.68. The second kappa shape index (κ2) is 7.79. The molecule has 6 heteroatoms. The van der Waals surface area contributed by atoms with Gasteiger partial charge in [-0.3, -0.25) is 0 Å². The molecular weight excluding hydrogens is 276 g/mol. The first-order valence-corrected chi connectivity index (χ1v) is 7.58. The summed E-state index contributed by atoms with van der Waals surface area (Å²) in [4.78, 5) is 22.8. The van der Waals surface area contributed by atoms with E-state index in [9.17, 15) is 9.59 Å². The molecule has 0 spiro atoms. The van der Waals surface area contributed by atoms with Gasteiger partial charge in [0.25, 0.3) is 0 Å². The average molecular weight is 296 g/mol. The van der Waals surface area contributed by atoms with Crippen LogP contribution in [0.4, 0.5) is 10.5 Å².